The van der Waals surface area contributed by atoms with Crippen molar-refractivity contribution < 1.29 is 4.74 Å². The first-order chi connectivity index (χ1) is 8.33. The van der Waals surface area contributed by atoms with Crippen LogP contribution in [0.15, 0.2) is 5.38 Å². The minimum absolute atomic E-state index is 0.878. The van der Waals surface area contributed by atoms with E-state index in [1.165, 1.54) is 17.8 Å². The number of nitrogens with one attached hydrogen (secondary N) is 1. The Morgan fingerprint density at radius 2 is 2.12 bits per heavy atom. The molecule has 1 heterocycles. The Morgan fingerprint density at radius 3 is 2.82 bits per heavy atom. The molecule has 0 bridgehead atoms. The topological polar surface area (TPSA) is 34.1 Å². The van der Waals surface area contributed by atoms with Crippen molar-refractivity contribution in [1.82, 2.24) is 10.3 Å². The third-order valence-corrected chi connectivity index (χ3v) is 3.49. The average molecular weight is 256 g/mol. The van der Waals surface area contributed by atoms with Crippen LogP contribution < -0.4 is 5.32 Å². The fraction of sp³-hybridized carbons (Fsp3) is 0.769. The molecule has 98 valence electrons. The lowest BCUT2D eigenvalue weighted by Gasteiger charge is -2.04. The first-order valence-corrected chi connectivity index (χ1v) is 7.40. The highest BCUT2D eigenvalue weighted by atomic mass is 32.1. The van der Waals surface area contributed by atoms with Crippen LogP contribution in [0.5, 0.6) is 0 Å². The fourth-order valence-corrected chi connectivity index (χ4v) is 2.26. The van der Waals surface area contributed by atoms with Crippen LogP contribution in [0.1, 0.15) is 36.9 Å². The quantitative estimate of drug-likeness (QED) is 0.654. The summed E-state index contributed by atoms with van der Waals surface area (Å²) >= 11 is 1.75. The summed E-state index contributed by atoms with van der Waals surface area (Å²) < 4.78 is 5.49. The lowest BCUT2D eigenvalue weighted by atomic mass is 10.3. The predicted octanol–water partition coefficient (Wildman–Crippen LogP) is 2.79. The predicted molar refractivity (Wildman–Crippen MR) is 73.8 cm³/mol. The third kappa shape index (κ3) is 7.47. The highest BCUT2D eigenvalue weighted by molar-refractivity contribution is 7.09. The number of thiazole rings is 1. The molecule has 1 aromatic rings. The van der Waals surface area contributed by atoms with Gasteiger partial charge in [0.15, 0.2) is 0 Å². The van der Waals surface area contributed by atoms with Crippen molar-refractivity contribution in [3.8, 4) is 0 Å². The fourth-order valence-electron chi connectivity index (χ4n) is 1.49. The van der Waals surface area contributed by atoms with Gasteiger partial charge in [0.2, 0.25) is 0 Å². The molecule has 0 aromatic carbocycles. The lowest BCUT2D eigenvalue weighted by Crippen LogP contribution is -2.19. The van der Waals surface area contributed by atoms with Crippen molar-refractivity contribution in [2.45, 2.75) is 39.5 Å². The van der Waals surface area contributed by atoms with Gasteiger partial charge in [-0.05, 0) is 26.3 Å². The molecule has 0 unspecified atom stereocenters. The van der Waals surface area contributed by atoms with Crippen molar-refractivity contribution in [1.29, 1.82) is 0 Å². The monoisotopic (exact) mass is 256 g/mol. The normalized spacial score (nSPS) is 10.9. The Balaban J connectivity index is 1.84. The van der Waals surface area contributed by atoms with Crippen molar-refractivity contribution in [3.05, 3.63) is 16.1 Å². The highest BCUT2D eigenvalue weighted by Crippen LogP contribution is 2.08. The second kappa shape index (κ2) is 9.57. The van der Waals surface area contributed by atoms with Gasteiger partial charge in [-0.2, -0.15) is 0 Å². The number of rotatable bonds is 10. The molecule has 3 nitrogen and oxygen atoms in total. The van der Waals surface area contributed by atoms with Gasteiger partial charge in [0.1, 0.15) is 0 Å². The minimum Gasteiger partial charge on any atom is -0.381 e. The molecule has 4 heteroatoms. The van der Waals surface area contributed by atoms with Crippen molar-refractivity contribution in [3.63, 3.8) is 0 Å². The van der Waals surface area contributed by atoms with E-state index < -0.39 is 0 Å². The number of nitrogens with zero attached hydrogens (tertiary/aromatic N) is 1. The summed E-state index contributed by atoms with van der Waals surface area (Å²) in [7, 11) is 0. The van der Waals surface area contributed by atoms with E-state index in [0.717, 1.165) is 44.8 Å². The summed E-state index contributed by atoms with van der Waals surface area (Å²) in [5.41, 5.74) is 1.13. The van der Waals surface area contributed by atoms with Crippen LogP contribution in [0.4, 0.5) is 0 Å². The second-order valence-electron chi connectivity index (χ2n) is 4.20. The van der Waals surface area contributed by atoms with Crippen molar-refractivity contribution >= 4 is 11.3 Å². The van der Waals surface area contributed by atoms with E-state index in [1.54, 1.807) is 11.3 Å². The van der Waals surface area contributed by atoms with E-state index in [0.29, 0.717) is 0 Å². The Morgan fingerprint density at radius 1 is 1.29 bits per heavy atom. The molecule has 0 radical (unpaired) electrons. The summed E-state index contributed by atoms with van der Waals surface area (Å²) in [4.78, 5) is 4.43. The van der Waals surface area contributed by atoms with Crippen LogP contribution in [0.3, 0.4) is 0 Å². The summed E-state index contributed by atoms with van der Waals surface area (Å²) in [5, 5.41) is 6.76. The van der Waals surface area contributed by atoms with Gasteiger partial charge in [0, 0.05) is 37.3 Å². The number of unbranched alkanes of at least 4 members (excludes halogenated alkanes) is 1. The van der Waals surface area contributed by atoms with Gasteiger partial charge in [0.25, 0.3) is 0 Å². The van der Waals surface area contributed by atoms with Crippen LogP contribution in [-0.4, -0.2) is 31.3 Å². The van der Waals surface area contributed by atoms with Gasteiger partial charge in [0.05, 0.1) is 5.01 Å². The Hall–Kier alpha value is -0.450. The standard InChI is InChI=1S/C13H24N2OS/c1-3-4-9-16-10-5-7-14-8-6-13-15-12(2)11-17-13/h11,14H,3-10H2,1-2H3. The Labute approximate surface area is 109 Å². The van der Waals surface area contributed by atoms with Crippen LogP contribution in [0, 0.1) is 6.92 Å². The highest BCUT2D eigenvalue weighted by Gasteiger charge is 1.97. The minimum atomic E-state index is 0.878. The maximum absolute atomic E-state index is 5.49. The van der Waals surface area contributed by atoms with E-state index >= 15 is 0 Å². The summed E-state index contributed by atoms with van der Waals surface area (Å²) in [5.74, 6) is 0. The molecule has 17 heavy (non-hydrogen) atoms. The zero-order valence-electron chi connectivity index (χ0n) is 11.0. The Kier molecular flexibility index (Phi) is 8.22. The van der Waals surface area contributed by atoms with Gasteiger partial charge in [-0.3, -0.25) is 0 Å². The Bertz CT molecular complexity index is 289. The lowest BCUT2D eigenvalue weighted by molar-refractivity contribution is 0.129. The largest absolute Gasteiger partial charge is 0.381 e. The number of aromatic nitrogens is 1. The van der Waals surface area contributed by atoms with Gasteiger partial charge >= 0.3 is 0 Å². The molecule has 1 aromatic heterocycles. The maximum Gasteiger partial charge on any atom is 0.0940 e. The molecule has 0 amide bonds. The summed E-state index contributed by atoms with van der Waals surface area (Å²) in [6.45, 7) is 8.07. The second-order valence-corrected chi connectivity index (χ2v) is 5.14. The van der Waals surface area contributed by atoms with E-state index in [1.807, 2.05) is 6.92 Å². The van der Waals surface area contributed by atoms with Gasteiger partial charge < -0.3 is 10.1 Å². The zero-order chi connectivity index (χ0) is 12.3. The average Bonchev–Trinajstić information content (AvgIpc) is 2.73. The van der Waals surface area contributed by atoms with Crippen molar-refractivity contribution in [2.75, 3.05) is 26.3 Å². The number of hydrogen-bond donors (Lipinski definition) is 1. The zero-order valence-corrected chi connectivity index (χ0v) is 11.8. The molecule has 0 aliphatic heterocycles. The molecule has 0 fully saturated rings. The van der Waals surface area contributed by atoms with Crippen LogP contribution in [0.25, 0.3) is 0 Å². The summed E-state index contributed by atoms with van der Waals surface area (Å²) in [6, 6.07) is 0. The molecule has 1 rings (SSSR count). The van der Waals surface area contributed by atoms with Crippen LogP contribution in [-0.2, 0) is 11.2 Å². The van der Waals surface area contributed by atoms with E-state index in [4.69, 9.17) is 4.74 Å². The molecule has 0 saturated heterocycles. The van der Waals surface area contributed by atoms with Crippen LogP contribution in [0.2, 0.25) is 0 Å². The van der Waals surface area contributed by atoms with Gasteiger partial charge in [-0.15, -0.1) is 11.3 Å². The van der Waals surface area contributed by atoms with Gasteiger partial charge in [-0.25, -0.2) is 4.98 Å². The SMILES string of the molecule is CCCCOCCCNCCc1nc(C)cs1. The molecule has 0 saturated carbocycles. The summed E-state index contributed by atoms with van der Waals surface area (Å²) in [6.07, 6.45) is 4.53. The first kappa shape index (κ1) is 14.6. The molecule has 0 atom stereocenters. The third-order valence-electron chi connectivity index (χ3n) is 2.47. The first-order valence-electron chi connectivity index (χ1n) is 6.52. The number of hydrogen-bond acceptors (Lipinski definition) is 4. The smallest absolute Gasteiger partial charge is 0.0940 e. The molecule has 0 aliphatic rings. The van der Waals surface area contributed by atoms with Gasteiger partial charge in [-0.1, -0.05) is 13.3 Å². The van der Waals surface area contributed by atoms with E-state index in [-0.39, 0.29) is 0 Å². The van der Waals surface area contributed by atoms with E-state index in [2.05, 4.69) is 22.6 Å². The molecule has 0 spiro atoms. The molecule has 0 aliphatic carbocycles. The molecule has 1 N–H and O–H groups in total. The molecular weight excluding hydrogens is 232 g/mol. The van der Waals surface area contributed by atoms with Crippen LogP contribution >= 0.6 is 11.3 Å². The maximum atomic E-state index is 5.49. The number of ether oxygens (including phenoxy) is 1. The van der Waals surface area contributed by atoms with E-state index in [9.17, 15) is 0 Å². The molecular formula is C13H24N2OS. The number of aryl methyl sites for hydroxylation is 1. The van der Waals surface area contributed by atoms with Crippen molar-refractivity contribution in [2.24, 2.45) is 0 Å².